The van der Waals surface area contributed by atoms with Crippen LogP contribution in [0.1, 0.15) is 37.0 Å². The number of likely N-dealkylation sites (N-methyl/N-ethyl adjacent to an activating group) is 1. The number of amides is 2. The van der Waals surface area contributed by atoms with Gasteiger partial charge in [0.25, 0.3) is 5.91 Å². The Morgan fingerprint density at radius 3 is 2.82 bits per heavy atom. The number of aromatic nitrogens is 4. The molecule has 0 saturated heterocycles. The number of hydrogen-bond donors (Lipinski definition) is 2. The summed E-state index contributed by atoms with van der Waals surface area (Å²) in [5.41, 5.74) is 0.837. The minimum atomic E-state index is -0.344. The lowest BCUT2D eigenvalue weighted by Gasteiger charge is -2.38. The monoisotopic (exact) mass is 471 g/mol. The fourth-order valence-electron chi connectivity index (χ4n) is 4.24. The van der Waals surface area contributed by atoms with Crippen LogP contribution in [0.25, 0.3) is 0 Å². The minimum Gasteiger partial charge on any atom is -0.488 e. The third kappa shape index (κ3) is 5.89. The number of aliphatic hydroxyl groups excluding tert-OH is 1. The number of aliphatic hydroxyl groups is 1. The second-order valence-corrected chi connectivity index (χ2v) is 9.55. The summed E-state index contributed by atoms with van der Waals surface area (Å²) >= 11 is 0. The van der Waals surface area contributed by atoms with E-state index < -0.39 is 0 Å². The fraction of sp³-hybridized carbons (Fsp3) is 0.609. The number of rotatable bonds is 9. The number of fused-ring (bicyclic) bond motifs is 1. The van der Waals surface area contributed by atoms with Crippen molar-refractivity contribution in [2.75, 3.05) is 38.6 Å². The molecule has 1 saturated carbocycles. The molecule has 1 fully saturated rings. The Balaban J connectivity index is 1.57. The number of benzene rings is 1. The summed E-state index contributed by atoms with van der Waals surface area (Å²) in [5.74, 6) is 0.775. The maximum absolute atomic E-state index is 13.5. The van der Waals surface area contributed by atoms with E-state index in [2.05, 4.69) is 39.7 Å². The predicted octanol–water partition coefficient (Wildman–Crippen LogP) is 0.874. The molecule has 34 heavy (non-hydrogen) atoms. The number of nitrogens with one attached hydrogen (secondary N) is 1. The highest BCUT2D eigenvalue weighted by atomic mass is 16.5. The van der Waals surface area contributed by atoms with Gasteiger partial charge in [-0.25, -0.2) is 4.68 Å². The zero-order valence-corrected chi connectivity index (χ0v) is 19.9. The molecule has 11 nitrogen and oxygen atoms in total. The van der Waals surface area contributed by atoms with Gasteiger partial charge in [0.15, 0.2) is 0 Å². The van der Waals surface area contributed by atoms with Gasteiger partial charge in [-0.1, -0.05) is 6.92 Å². The molecule has 1 aliphatic heterocycles. The molecule has 4 rings (SSSR count). The van der Waals surface area contributed by atoms with Crippen molar-refractivity contribution >= 4 is 17.5 Å². The highest BCUT2D eigenvalue weighted by Crippen LogP contribution is 2.32. The molecule has 2 amide bonds. The van der Waals surface area contributed by atoms with Crippen LogP contribution in [0, 0.1) is 11.8 Å². The third-order valence-corrected chi connectivity index (χ3v) is 6.40. The standard InChI is InChI=1S/C23H33N7O4/c1-15-9-30(16(2)13-31)23(33)19-8-18(25-22(32)12-29-14-24-26-27-29)6-7-20(19)34-21(15)11-28(3)10-17-4-5-17/h6-8,14-17,21,31H,4-5,9-13H2,1-3H3,(H,25,32)/t15-,16+,21-/m0/s1. The van der Waals surface area contributed by atoms with E-state index in [4.69, 9.17) is 4.74 Å². The number of ether oxygens (including phenoxy) is 1. The highest BCUT2D eigenvalue weighted by Gasteiger charge is 2.34. The van der Waals surface area contributed by atoms with Crippen molar-refractivity contribution in [3.05, 3.63) is 30.1 Å². The Kier molecular flexibility index (Phi) is 7.42. The average molecular weight is 472 g/mol. The number of anilines is 1. The van der Waals surface area contributed by atoms with Crippen LogP contribution in [-0.2, 0) is 11.3 Å². The van der Waals surface area contributed by atoms with Crippen LogP contribution in [-0.4, -0.2) is 92.4 Å². The summed E-state index contributed by atoms with van der Waals surface area (Å²) in [6, 6.07) is 4.74. The van der Waals surface area contributed by atoms with Crippen molar-refractivity contribution < 1.29 is 19.4 Å². The second-order valence-electron chi connectivity index (χ2n) is 9.55. The van der Waals surface area contributed by atoms with E-state index in [1.165, 1.54) is 23.9 Å². The molecule has 0 bridgehead atoms. The summed E-state index contributed by atoms with van der Waals surface area (Å²) in [5, 5.41) is 23.3. The molecule has 0 radical (unpaired) electrons. The van der Waals surface area contributed by atoms with Crippen LogP contribution in [0.15, 0.2) is 24.5 Å². The first-order valence-electron chi connectivity index (χ1n) is 11.8. The van der Waals surface area contributed by atoms with Crippen LogP contribution >= 0.6 is 0 Å². The lowest BCUT2D eigenvalue weighted by molar-refractivity contribution is -0.116. The van der Waals surface area contributed by atoms with Gasteiger partial charge in [-0.05, 0) is 61.4 Å². The quantitative estimate of drug-likeness (QED) is 0.552. The first-order valence-corrected chi connectivity index (χ1v) is 11.8. The van der Waals surface area contributed by atoms with Gasteiger partial charge in [-0.3, -0.25) is 9.59 Å². The normalized spacial score (nSPS) is 21.4. The summed E-state index contributed by atoms with van der Waals surface area (Å²) in [6.45, 7) is 5.99. The number of carbonyl (C=O) groups is 2. The van der Waals surface area contributed by atoms with Crippen LogP contribution in [0.2, 0.25) is 0 Å². The van der Waals surface area contributed by atoms with Crippen molar-refractivity contribution in [1.82, 2.24) is 30.0 Å². The number of hydrogen-bond acceptors (Lipinski definition) is 8. The molecule has 11 heteroatoms. The predicted molar refractivity (Wildman–Crippen MR) is 124 cm³/mol. The van der Waals surface area contributed by atoms with Gasteiger partial charge in [0.05, 0.1) is 18.2 Å². The Morgan fingerprint density at radius 2 is 2.15 bits per heavy atom. The molecule has 3 atom stereocenters. The van der Waals surface area contributed by atoms with E-state index in [1.807, 2.05) is 6.92 Å². The Morgan fingerprint density at radius 1 is 1.35 bits per heavy atom. The maximum atomic E-state index is 13.5. The number of carbonyl (C=O) groups excluding carboxylic acids is 2. The lowest BCUT2D eigenvalue weighted by Crippen LogP contribution is -2.50. The number of nitrogens with zero attached hydrogens (tertiary/aromatic N) is 6. The summed E-state index contributed by atoms with van der Waals surface area (Å²) < 4.78 is 7.72. The zero-order valence-electron chi connectivity index (χ0n) is 19.9. The molecular weight excluding hydrogens is 438 g/mol. The Labute approximate surface area is 199 Å². The summed E-state index contributed by atoms with van der Waals surface area (Å²) in [4.78, 5) is 29.9. The van der Waals surface area contributed by atoms with Gasteiger partial charge in [0.2, 0.25) is 5.91 Å². The molecule has 2 aromatic rings. The molecule has 2 N–H and O–H groups in total. The SMILES string of the molecule is C[C@H](CO)N1C[C@H](C)[C@H](CN(C)CC2CC2)Oc2ccc(NC(=O)Cn3cnnn3)cc2C1=O. The van der Waals surface area contributed by atoms with Crippen LogP contribution < -0.4 is 10.1 Å². The van der Waals surface area contributed by atoms with E-state index in [-0.39, 0.29) is 43.0 Å². The molecule has 184 valence electrons. The van der Waals surface area contributed by atoms with E-state index in [0.717, 1.165) is 19.0 Å². The van der Waals surface area contributed by atoms with Gasteiger partial charge < -0.3 is 25.0 Å². The van der Waals surface area contributed by atoms with Crippen LogP contribution in [0.5, 0.6) is 5.75 Å². The van der Waals surface area contributed by atoms with E-state index in [1.54, 1.807) is 23.1 Å². The Bertz CT molecular complexity index is 995. The van der Waals surface area contributed by atoms with E-state index >= 15 is 0 Å². The van der Waals surface area contributed by atoms with Gasteiger partial charge in [0.1, 0.15) is 24.7 Å². The van der Waals surface area contributed by atoms with Gasteiger partial charge in [-0.15, -0.1) is 5.10 Å². The molecule has 0 spiro atoms. The van der Waals surface area contributed by atoms with Crippen molar-refractivity contribution in [1.29, 1.82) is 0 Å². The first-order chi connectivity index (χ1) is 16.3. The molecule has 2 heterocycles. The smallest absolute Gasteiger partial charge is 0.258 e. The van der Waals surface area contributed by atoms with Crippen molar-refractivity contribution in [3.63, 3.8) is 0 Å². The van der Waals surface area contributed by atoms with Gasteiger partial charge >= 0.3 is 0 Å². The highest BCUT2D eigenvalue weighted by molar-refractivity contribution is 5.99. The van der Waals surface area contributed by atoms with E-state index in [0.29, 0.717) is 23.5 Å². The lowest BCUT2D eigenvalue weighted by atomic mass is 9.99. The van der Waals surface area contributed by atoms with Gasteiger partial charge in [-0.2, -0.15) is 0 Å². The third-order valence-electron chi connectivity index (χ3n) is 6.40. The first kappa shape index (κ1) is 24.1. The average Bonchev–Trinajstić information content (AvgIpc) is 3.47. The molecule has 1 aliphatic carbocycles. The van der Waals surface area contributed by atoms with E-state index in [9.17, 15) is 14.7 Å². The van der Waals surface area contributed by atoms with Crippen LogP contribution in [0.4, 0.5) is 5.69 Å². The summed E-state index contributed by atoms with van der Waals surface area (Å²) in [6.07, 6.45) is 3.80. The van der Waals surface area contributed by atoms with Crippen molar-refractivity contribution in [2.45, 2.75) is 45.4 Å². The molecule has 1 aromatic heterocycles. The molecule has 2 aliphatic rings. The summed E-state index contributed by atoms with van der Waals surface area (Å²) in [7, 11) is 2.11. The van der Waals surface area contributed by atoms with Crippen molar-refractivity contribution in [3.8, 4) is 5.75 Å². The minimum absolute atomic E-state index is 0.0465. The largest absolute Gasteiger partial charge is 0.488 e. The molecule has 1 aromatic carbocycles. The zero-order chi connectivity index (χ0) is 24.2. The molecule has 0 unspecified atom stereocenters. The maximum Gasteiger partial charge on any atom is 0.258 e. The second kappa shape index (κ2) is 10.5. The fourth-order valence-corrected chi connectivity index (χ4v) is 4.24. The molecular formula is C23H33N7O4. The topological polar surface area (TPSA) is 126 Å². The van der Waals surface area contributed by atoms with Crippen molar-refractivity contribution in [2.24, 2.45) is 11.8 Å². The Hall–Kier alpha value is -3.05. The van der Waals surface area contributed by atoms with Gasteiger partial charge in [0, 0.05) is 31.2 Å². The number of tetrazole rings is 1. The van der Waals surface area contributed by atoms with Crippen LogP contribution in [0.3, 0.4) is 0 Å².